The summed E-state index contributed by atoms with van der Waals surface area (Å²) in [5, 5.41) is 2.67. The van der Waals surface area contributed by atoms with E-state index in [2.05, 4.69) is 5.09 Å². The molecule has 2 aliphatic rings. The summed E-state index contributed by atoms with van der Waals surface area (Å²) in [5.41, 5.74) is 0.844. The van der Waals surface area contributed by atoms with E-state index in [1.165, 1.54) is 6.92 Å². The van der Waals surface area contributed by atoms with Gasteiger partial charge in [0.1, 0.15) is 18.4 Å². The Morgan fingerprint density at radius 2 is 1.84 bits per heavy atom. The third kappa shape index (κ3) is 5.45. The van der Waals surface area contributed by atoms with Crippen LogP contribution in [0, 0.1) is 5.92 Å². The molecule has 2 saturated heterocycles. The summed E-state index contributed by atoms with van der Waals surface area (Å²) in [6.45, 7) is 3.10. The minimum atomic E-state index is -3.98. The molecule has 1 N–H and O–H groups in total. The molecule has 0 aromatic heterocycles. The van der Waals surface area contributed by atoms with Crippen LogP contribution < -0.4 is 9.61 Å². The van der Waals surface area contributed by atoms with E-state index >= 15 is 0 Å². The first-order valence-corrected chi connectivity index (χ1v) is 12.2. The lowest BCUT2D eigenvalue weighted by Gasteiger charge is -2.27. The summed E-state index contributed by atoms with van der Waals surface area (Å²) in [6.07, 6.45) is 0.857. The number of piperidine rings is 1. The van der Waals surface area contributed by atoms with Crippen molar-refractivity contribution in [3.63, 3.8) is 0 Å². The Morgan fingerprint density at radius 1 is 1.16 bits per heavy atom. The van der Waals surface area contributed by atoms with E-state index in [9.17, 15) is 14.2 Å². The van der Waals surface area contributed by atoms with Crippen LogP contribution in [0.2, 0.25) is 0 Å². The Balaban J connectivity index is 1.40. The van der Waals surface area contributed by atoms with Gasteiger partial charge in [0.05, 0.1) is 12.6 Å². The standard InChI is InChI=1S/C23H27N2O6P/c1-17(23(27)29-15-18-8-4-2-5-9-18)24-32(28,31-20-10-6-3-7-11-20)30-16-21-22(26)19-12-13-25(21)14-19/h2-11,17,19,21H,12-16H2,1H3,(H,24,28)/t17-,19?,21+,32?/m0/s1. The lowest BCUT2D eigenvalue weighted by atomic mass is 9.99. The van der Waals surface area contributed by atoms with Gasteiger partial charge in [0.15, 0.2) is 5.78 Å². The quantitative estimate of drug-likeness (QED) is 0.429. The SMILES string of the molecule is C[C@H](NP(=O)(OC[C@@H]1C(=O)C2CCN1C2)Oc1ccccc1)C(=O)OCc1ccccc1. The highest BCUT2D eigenvalue weighted by atomic mass is 31.2. The zero-order valence-electron chi connectivity index (χ0n) is 17.9. The number of hydrogen-bond acceptors (Lipinski definition) is 7. The van der Waals surface area contributed by atoms with Gasteiger partial charge in [0.25, 0.3) is 0 Å². The second-order valence-electron chi connectivity index (χ2n) is 8.04. The van der Waals surface area contributed by atoms with Gasteiger partial charge in [-0.05, 0) is 37.6 Å². The van der Waals surface area contributed by atoms with E-state index in [1.54, 1.807) is 30.3 Å². The Morgan fingerprint density at radius 3 is 2.50 bits per heavy atom. The summed E-state index contributed by atoms with van der Waals surface area (Å²) < 4.78 is 30.2. The Bertz CT molecular complexity index is 986. The monoisotopic (exact) mass is 458 g/mol. The van der Waals surface area contributed by atoms with Gasteiger partial charge in [-0.2, -0.15) is 5.09 Å². The Hall–Kier alpha value is -2.51. The molecular formula is C23H27N2O6P. The lowest BCUT2D eigenvalue weighted by Crippen LogP contribution is -2.41. The molecule has 0 aliphatic carbocycles. The number of carbonyl (C=O) groups is 2. The smallest absolute Gasteiger partial charge is 0.459 e. The van der Waals surface area contributed by atoms with E-state index in [0.717, 1.165) is 18.5 Å². The predicted molar refractivity (Wildman–Crippen MR) is 118 cm³/mol. The van der Waals surface area contributed by atoms with E-state index < -0.39 is 25.8 Å². The van der Waals surface area contributed by atoms with Gasteiger partial charge in [-0.3, -0.25) is 19.0 Å². The first-order chi connectivity index (χ1) is 15.4. The summed E-state index contributed by atoms with van der Waals surface area (Å²) in [4.78, 5) is 27.0. The van der Waals surface area contributed by atoms with Crippen LogP contribution in [0.25, 0.3) is 0 Å². The highest BCUT2D eigenvalue weighted by Crippen LogP contribution is 2.46. The molecule has 0 amide bonds. The van der Waals surface area contributed by atoms with Gasteiger partial charge >= 0.3 is 13.7 Å². The number of fused-ring (bicyclic) bond motifs is 2. The number of ether oxygens (including phenoxy) is 1. The number of hydrogen-bond donors (Lipinski definition) is 1. The number of esters is 1. The number of carbonyl (C=O) groups excluding carboxylic acids is 2. The van der Waals surface area contributed by atoms with Crippen molar-refractivity contribution in [3.05, 3.63) is 66.2 Å². The average Bonchev–Trinajstić information content (AvgIpc) is 3.39. The van der Waals surface area contributed by atoms with Crippen molar-refractivity contribution in [1.29, 1.82) is 0 Å². The highest BCUT2D eigenvalue weighted by molar-refractivity contribution is 7.52. The zero-order chi connectivity index (χ0) is 22.6. The van der Waals surface area contributed by atoms with Crippen LogP contribution in [-0.4, -0.2) is 48.4 Å². The summed E-state index contributed by atoms with van der Waals surface area (Å²) >= 11 is 0. The molecule has 0 saturated carbocycles. The molecular weight excluding hydrogens is 431 g/mol. The molecule has 3 unspecified atom stereocenters. The average molecular weight is 458 g/mol. The molecule has 2 heterocycles. The van der Waals surface area contributed by atoms with Gasteiger partial charge in [0.2, 0.25) is 0 Å². The molecule has 2 aliphatic heterocycles. The number of ketones is 1. The van der Waals surface area contributed by atoms with Crippen molar-refractivity contribution in [1.82, 2.24) is 9.99 Å². The number of rotatable bonds is 10. The number of nitrogens with zero attached hydrogens (tertiary/aromatic N) is 1. The van der Waals surface area contributed by atoms with Crippen molar-refractivity contribution in [2.75, 3.05) is 19.7 Å². The first kappa shape index (κ1) is 22.7. The normalized spacial score (nSPS) is 24.7. The molecule has 8 nitrogen and oxygen atoms in total. The molecule has 0 radical (unpaired) electrons. The van der Waals surface area contributed by atoms with E-state index in [1.807, 2.05) is 35.2 Å². The topological polar surface area (TPSA) is 94.2 Å². The molecule has 4 rings (SSSR count). The van der Waals surface area contributed by atoms with Crippen LogP contribution >= 0.6 is 7.75 Å². The summed E-state index contributed by atoms with van der Waals surface area (Å²) in [5.74, 6) is -0.127. The second-order valence-corrected chi connectivity index (χ2v) is 9.73. The number of Topliss-reactive ketones (excluding diaryl/α,β-unsaturated/α-hetero) is 1. The van der Waals surface area contributed by atoms with Gasteiger partial charge in [-0.1, -0.05) is 48.5 Å². The summed E-state index contributed by atoms with van der Waals surface area (Å²) in [6, 6.07) is 16.4. The lowest BCUT2D eigenvalue weighted by molar-refractivity contribution is -0.146. The van der Waals surface area contributed by atoms with Crippen LogP contribution in [0.15, 0.2) is 60.7 Å². The molecule has 2 fully saturated rings. The summed E-state index contributed by atoms with van der Waals surface area (Å²) in [7, 11) is -3.98. The predicted octanol–water partition coefficient (Wildman–Crippen LogP) is 3.18. The maximum absolute atomic E-state index is 13.5. The highest BCUT2D eigenvalue weighted by Gasteiger charge is 2.46. The fourth-order valence-corrected chi connectivity index (χ4v) is 5.46. The fraction of sp³-hybridized carbons (Fsp3) is 0.391. The Labute approximate surface area is 187 Å². The molecule has 0 spiro atoms. The van der Waals surface area contributed by atoms with Crippen LogP contribution in [0.3, 0.4) is 0 Å². The van der Waals surface area contributed by atoms with Crippen LogP contribution in [0.5, 0.6) is 5.75 Å². The van der Waals surface area contributed by atoms with Gasteiger partial charge < -0.3 is 9.26 Å². The number of nitrogens with one attached hydrogen (secondary N) is 1. The number of para-hydroxylation sites is 1. The van der Waals surface area contributed by atoms with Crippen molar-refractivity contribution < 1.29 is 27.9 Å². The van der Waals surface area contributed by atoms with Gasteiger partial charge in [-0.25, -0.2) is 4.57 Å². The van der Waals surface area contributed by atoms with E-state index in [-0.39, 0.29) is 24.9 Å². The molecule has 5 atom stereocenters. The zero-order valence-corrected chi connectivity index (χ0v) is 18.8. The van der Waals surface area contributed by atoms with Crippen LogP contribution in [0.4, 0.5) is 0 Å². The molecule has 2 bridgehead atoms. The third-order valence-corrected chi connectivity index (χ3v) is 7.34. The maximum Gasteiger partial charge on any atom is 0.459 e. The van der Waals surface area contributed by atoms with Crippen molar-refractivity contribution in [2.45, 2.75) is 32.0 Å². The third-order valence-electron chi connectivity index (χ3n) is 5.69. The van der Waals surface area contributed by atoms with Crippen LogP contribution in [0.1, 0.15) is 18.9 Å². The van der Waals surface area contributed by atoms with Gasteiger partial charge in [-0.15, -0.1) is 0 Å². The van der Waals surface area contributed by atoms with E-state index in [0.29, 0.717) is 12.3 Å². The van der Waals surface area contributed by atoms with E-state index in [4.69, 9.17) is 13.8 Å². The molecule has 2 aromatic rings. The Kier molecular flexibility index (Phi) is 7.06. The molecule has 9 heteroatoms. The molecule has 32 heavy (non-hydrogen) atoms. The van der Waals surface area contributed by atoms with Crippen molar-refractivity contribution >= 4 is 19.5 Å². The minimum Gasteiger partial charge on any atom is -0.460 e. The largest absolute Gasteiger partial charge is 0.460 e. The van der Waals surface area contributed by atoms with Crippen LogP contribution in [-0.2, 0) is 30.0 Å². The minimum absolute atomic E-state index is 0.0258. The number of benzene rings is 2. The molecule has 2 aromatic carbocycles. The fourth-order valence-electron chi connectivity index (χ4n) is 3.96. The van der Waals surface area contributed by atoms with Gasteiger partial charge in [0, 0.05) is 12.5 Å². The van der Waals surface area contributed by atoms with Crippen molar-refractivity contribution in [3.8, 4) is 5.75 Å². The maximum atomic E-state index is 13.5. The second kappa shape index (κ2) is 9.96. The molecule has 170 valence electrons. The first-order valence-electron chi connectivity index (χ1n) is 10.7. The van der Waals surface area contributed by atoms with Crippen molar-refractivity contribution in [2.24, 2.45) is 5.92 Å².